The summed E-state index contributed by atoms with van der Waals surface area (Å²) in [5.41, 5.74) is 0. The van der Waals surface area contributed by atoms with E-state index < -0.39 is 0 Å². The molecule has 1 aliphatic heterocycles. The lowest BCUT2D eigenvalue weighted by Crippen LogP contribution is -2.38. The monoisotopic (exact) mass is 336 g/mol. The molecule has 1 aliphatic rings. The maximum atomic E-state index is 4.71. The van der Waals surface area contributed by atoms with Crippen LogP contribution in [-0.2, 0) is 6.42 Å². The molecule has 2 rings (SSSR count). The number of nitrogens with zero attached hydrogens (tertiary/aromatic N) is 2. The van der Waals surface area contributed by atoms with Crippen molar-refractivity contribution in [1.82, 2.24) is 15.5 Å². The van der Waals surface area contributed by atoms with Gasteiger partial charge in [-0.1, -0.05) is 13.0 Å². The van der Waals surface area contributed by atoms with Crippen molar-refractivity contribution in [2.45, 2.75) is 39.5 Å². The van der Waals surface area contributed by atoms with E-state index in [1.807, 2.05) is 11.3 Å². The molecule has 1 atom stereocenters. The normalized spacial score (nSPS) is 19.7. The largest absolute Gasteiger partial charge is 0.357 e. The molecule has 130 valence electrons. The highest BCUT2D eigenvalue weighted by molar-refractivity contribution is 7.09. The number of thiophene rings is 1. The summed E-state index contributed by atoms with van der Waals surface area (Å²) in [7, 11) is 0. The van der Waals surface area contributed by atoms with E-state index in [1.54, 1.807) is 0 Å². The maximum absolute atomic E-state index is 4.71. The number of aliphatic imine (C=N–C) groups is 1. The number of nitrogens with one attached hydrogen (secondary N) is 2. The Balaban J connectivity index is 1.64. The fraction of sp³-hybridized carbons (Fsp3) is 0.722. The average molecular weight is 337 g/mol. The van der Waals surface area contributed by atoms with Crippen molar-refractivity contribution in [1.29, 1.82) is 0 Å². The van der Waals surface area contributed by atoms with E-state index in [0.29, 0.717) is 0 Å². The first-order valence-electron chi connectivity index (χ1n) is 9.05. The van der Waals surface area contributed by atoms with Crippen LogP contribution in [0.2, 0.25) is 0 Å². The molecule has 0 saturated carbocycles. The van der Waals surface area contributed by atoms with Gasteiger partial charge >= 0.3 is 0 Å². The van der Waals surface area contributed by atoms with Crippen LogP contribution in [0.5, 0.6) is 0 Å². The Morgan fingerprint density at radius 2 is 2.35 bits per heavy atom. The number of guanidine groups is 1. The molecule has 0 bridgehead atoms. The fourth-order valence-corrected chi connectivity index (χ4v) is 3.78. The topological polar surface area (TPSA) is 39.7 Å². The molecule has 0 aromatic carbocycles. The van der Waals surface area contributed by atoms with Gasteiger partial charge in [0.05, 0.1) is 0 Å². The first-order chi connectivity index (χ1) is 11.3. The van der Waals surface area contributed by atoms with Crippen LogP contribution in [0, 0.1) is 5.92 Å². The summed E-state index contributed by atoms with van der Waals surface area (Å²) in [5, 5.41) is 8.91. The number of hydrogen-bond acceptors (Lipinski definition) is 3. The molecular weight excluding hydrogens is 304 g/mol. The minimum Gasteiger partial charge on any atom is -0.357 e. The van der Waals surface area contributed by atoms with Gasteiger partial charge in [-0.05, 0) is 63.1 Å². The molecule has 0 amide bonds. The highest BCUT2D eigenvalue weighted by atomic mass is 32.1. The van der Waals surface area contributed by atoms with Gasteiger partial charge in [-0.3, -0.25) is 4.99 Å². The van der Waals surface area contributed by atoms with Gasteiger partial charge in [0, 0.05) is 31.1 Å². The molecule has 0 spiro atoms. The molecule has 0 radical (unpaired) electrons. The van der Waals surface area contributed by atoms with Gasteiger partial charge in [0.25, 0.3) is 0 Å². The van der Waals surface area contributed by atoms with Crippen molar-refractivity contribution in [3.05, 3.63) is 22.4 Å². The van der Waals surface area contributed by atoms with E-state index in [-0.39, 0.29) is 0 Å². The average Bonchev–Trinajstić information content (AvgIpc) is 3.05. The van der Waals surface area contributed by atoms with Crippen LogP contribution in [0.4, 0.5) is 0 Å². The summed E-state index contributed by atoms with van der Waals surface area (Å²) in [6.07, 6.45) is 4.96. The molecule has 2 heterocycles. The van der Waals surface area contributed by atoms with Crippen LogP contribution in [0.25, 0.3) is 0 Å². The molecule has 1 aromatic heterocycles. The number of likely N-dealkylation sites (tertiary alicyclic amines) is 1. The summed E-state index contributed by atoms with van der Waals surface area (Å²) in [4.78, 5) is 8.73. The molecule has 2 N–H and O–H groups in total. The zero-order valence-corrected chi connectivity index (χ0v) is 15.5. The van der Waals surface area contributed by atoms with E-state index >= 15 is 0 Å². The van der Waals surface area contributed by atoms with Crippen LogP contribution in [0.15, 0.2) is 22.5 Å². The van der Waals surface area contributed by atoms with Crippen molar-refractivity contribution in [3.8, 4) is 0 Å². The zero-order valence-electron chi connectivity index (χ0n) is 14.7. The zero-order chi connectivity index (χ0) is 16.3. The van der Waals surface area contributed by atoms with E-state index in [0.717, 1.165) is 44.4 Å². The van der Waals surface area contributed by atoms with Gasteiger partial charge in [0.15, 0.2) is 5.96 Å². The quantitative estimate of drug-likeness (QED) is 0.435. The van der Waals surface area contributed by atoms with Crippen molar-refractivity contribution >= 4 is 17.3 Å². The number of hydrogen-bond donors (Lipinski definition) is 2. The Morgan fingerprint density at radius 1 is 1.43 bits per heavy atom. The van der Waals surface area contributed by atoms with Gasteiger partial charge in [-0.2, -0.15) is 0 Å². The van der Waals surface area contributed by atoms with Crippen molar-refractivity contribution in [2.75, 3.05) is 39.3 Å². The highest BCUT2D eigenvalue weighted by Crippen LogP contribution is 2.15. The van der Waals surface area contributed by atoms with Crippen molar-refractivity contribution < 1.29 is 0 Å². The second-order valence-electron chi connectivity index (χ2n) is 6.42. The van der Waals surface area contributed by atoms with Crippen LogP contribution in [-0.4, -0.2) is 50.1 Å². The fourth-order valence-electron chi connectivity index (χ4n) is 3.08. The summed E-state index contributed by atoms with van der Waals surface area (Å²) >= 11 is 1.82. The van der Waals surface area contributed by atoms with Gasteiger partial charge in [-0.15, -0.1) is 11.3 Å². The summed E-state index contributed by atoms with van der Waals surface area (Å²) < 4.78 is 0. The molecular formula is C18H32N4S. The minimum absolute atomic E-state index is 0.864. The van der Waals surface area contributed by atoms with Crippen LogP contribution in [0.3, 0.4) is 0 Å². The summed E-state index contributed by atoms with van der Waals surface area (Å²) in [6.45, 7) is 11.0. The van der Waals surface area contributed by atoms with Crippen molar-refractivity contribution in [3.63, 3.8) is 0 Å². The lowest BCUT2D eigenvalue weighted by atomic mass is 10.0. The Morgan fingerprint density at radius 3 is 3.09 bits per heavy atom. The van der Waals surface area contributed by atoms with E-state index in [1.165, 1.54) is 37.4 Å². The van der Waals surface area contributed by atoms with Crippen LogP contribution in [0.1, 0.15) is 38.0 Å². The van der Waals surface area contributed by atoms with Gasteiger partial charge < -0.3 is 15.5 Å². The second-order valence-corrected chi connectivity index (χ2v) is 7.45. The van der Waals surface area contributed by atoms with Gasteiger partial charge in [0.2, 0.25) is 0 Å². The molecule has 0 aliphatic carbocycles. The Kier molecular flexibility index (Phi) is 8.47. The molecule has 1 fully saturated rings. The molecule has 1 unspecified atom stereocenters. The summed E-state index contributed by atoms with van der Waals surface area (Å²) in [6, 6.07) is 4.30. The molecule has 1 aromatic rings. The third-order valence-electron chi connectivity index (χ3n) is 4.23. The Hall–Kier alpha value is -1.07. The first-order valence-corrected chi connectivity index (χ1v) is 9.92. The molecule has 23 heavy (non-hydrogen) atoms. The van der Waals surface area contributed by atoms with Gasteiger partial charge in [-0.25, -0.2) is 0 Å². The maximum Gasteiger partial charge on any atom is 0.191 e. The van der Waals surface area contributed by atoms with E-state index in [4.69, 9.17) is 4.99 Å². The van der Waals surface area contributed by atoms with Crippen molar-refractivity contribution in [2.24, 2.45) is 10.9 Å². The van der Waals surface area contributed by atoms with Crippen LogP contribution < -0.4 is 10.6 Å². The third-order valence-corrected chi connectivity index (χ3v) is 5.17. The molecule has 4 nitrogen and oxygen atoms in total. The minimum atomic E-state index is 0.864. The number of piperidine rings is 1. The SMILES string of the molecule is CCNC(=NCCCN1CCCC(C)C1)NCCc1cccs1. The van der Waals surface area contributed by atoms with Crippen LogP contribution >= 0.6 is 11.3 Å². The molecule has 1 saturated heterocycles. The second kappa shape index (κ2) is 10.7. The molecule has 5 heteroatoms. The Bertz CT molecular complexity index is 444. The smallest absolute Gasteiger partial charge is 0.191 e. The van der Waals surface area contributed by atoms with E-state index in [2.05, 4.69) is 46.9 Å². The predicted molar refractivity (Wildman–Crippen MR) is 101 cm³/mol. The first kappa shape index (κ1) is 18.3. The highest BCUT2D eigenvalue weighted by Gasteiger charge is 2.15. The van der Waals surface area contributed by atoms with E-state index in [9.17, 15) is 0 Å². The third kappa shape index (κ3) is 7.36. The number of rotatable bonds is 8. The standard InChI is InChI=1S/C18H32N4S/c1-3-19-18(21-11-9-17-8-5-14-23-17)20-10-6-13-22-12-4-7-16(2)15-22/h5,8,14,16H,3-4,6-7,9-13,15H2,1-2H3,(H2,19,20,21). The summed E-state index contributed by atoms with van der Waals surface area (Å²) in [5.74, 6) is 1.82. The lowest BCUT2D eigenvalue weighted by Gasteiger charge is -2.30. The Labute approximate surface area is 145 Å². The predicted octanol–water partition coefficient (Wildman–Crippen LogP) is 2.97. The van der Waals surface area contributed by atoms with Gasteiger partial charge in [0.1, 0.15) is 0 Å². The lowest BCUT2D eigenvalue weighted by molar-refractivity contribution is 0.183.